The maximum atomic E-state index is 5.87. The summed E-state index contributed by atoms with van der Waals surface area (Å²) in [7, 11) is 0. The van der Waals surface area contributed by atoms with E-state index in [1.807, 2.05) is 30.3 Å². The lowest BCUT2D eigenvalue weighted by atomic mass is 9.94. The predicted molar refractivity (Wildman–Crippen MR) is 116 cm³/mol. The molecule has 3 aromatic rings. The number of hydrogen-bond acceptors (Lipinski definition) is 2. The van der Waals surface area contributed by atoms with Crippen molar-refractivity contribution in [3.05, 3.63) is 78.4 Å². The first-order valence-electron chi connectivity index (χ1n) is 9.34. The van der Waals surface area contributed by atoms with Gasteiger partial charge in [0.2, 0.25) is 0 Å². The summed E-state index contributed by atoms with van der Waals surface area (Å²) in [4.78, 5) is 4.83. The van der Waals surface area contributed by atoms with Crippen molar-refractivity contribution in [2.24, 2.45) is 16.1 Å². The Bertz CT molecular complexity index is 895. The van der Waals surface area contributed by atoms with E-state index in [0.29, 0.717) is 13.1 Å². The van der Waals surface area contributed by atoms with E-state index in [0.717, 1.165) is 18.2 Å². The molecular formula is C23H28N4. The van der Waals surface area contributed by atoms with Crippen LogP contribution in [0.4, 0.5) is 5.69 Å². The Morgan fingerprint density at radius 3 is 2.41 bits per heavy atom. The van der Waals surface area contributed by atoms with E-state index < -0.39 is 0 Å². The summed E-state index contributed by atoms with van der Waals surface area (Å²) in [5, 5.41) is 9.31. The smallest absolute Gasteiger partial charge is 0.196 e. The highest BCUT2D eigenvalue weighted by molar-refractivity contribution is 5.94. The summed E-state index contributed by atoms with van der Waals surface area (Å²) in [5.74, 6) is 0.760. The Morgan fingerprint density at radius 2 is 1.63 bits per heavy atom. The first kappa shape index (κ1) is 18.9. The zero-order chi connectivity index (χ0) is 19.1. The molecule has 0 spiro atoms. The first-order chi connectivity index (χ1) is 13.1. The highest BCUT2D eigenvalue weighted by atomic mass is 15.2. The molecule has 0 amide bonds. The fourth-order valence-corrected chi connectivity index (χ4v) is 2.79. The number of fused-ring (bicyclic) bond motifs is 1. The number of benzene rings is 3. The van der Waals surface area contributed by atoms with Crippen LogP contribution in [0.25, 0.3) is 10.8 Å². The molecular weight excluding hydrogens is 332 g/mol. The summed E-state index contributed by atoms with van der Waals surface area (Å²) in [5.41, 5.74) is 8.09. The monoisotopic (exact) mass is 360 g/mol. The minimum Gasteiger partial charge on any atom is -0.356 e. The highest BCUT2D eigenvalue weighted by Gasteiger charge is 2.16. The fraction of sp³-hybridized carbons (Fsp3) is 0.261. The average molecular weight is 361 g/mol. The van der Waals surface area contributed by atoms with Gasteiger partial charge < -0.3 is 16.4 Å². The maximum Gasteiger partial charge on any atom is 0.196 e. The van der Waals surface area contributed by atoms with E-state index >= 15 is 0 Å². The van der Waals surface area contributed by atoms with Crippen molar-refractivity contribution in [1.29, 1.82) is 0 Å². The van der Waals surface area contributed by atoms with Crippen LogP contribution in [0.5, 0.6) is 0 Å². The molecule has 3 rings (SSSR count). The van der Waals surface area contributed by atoms with Crippen LogP contribution in [0.2, 0.25) is 0 Å². The SMILES string of the molecule is CC(C)(CN)CNC(=NCc1cccc2ccccc12)Nc1ccccc1. The number of rotatable bonds is 6. The van der Waals surface area contributed by atoms with E-state index in [4.69, 9.17) is 10.7 Å². The van der Waals surface area contributed by atoms with Gasteiger partial charge in [-0.2, -0.15) is 0 Å². The molecule has 4 N–H and O–H groups in total. The van der Waals surface area contributed by atoms with E-state index in [2.05, 4.69) is 66.9 Å². The standard InChI is InChI=1S/C23H28N4/c1-23(2,16-24)17-26-22(27-20-12-4-3-5-13-20)25-15-19-11-8-10-18-9-6-7-14-21(18)19/h3-14H,15-17,24H2,1-2H3,(H2,25,26,27). The number of guanidine groups is 1. The van der Waals surface area contributed by atoms with E-state index in [-0.39, 0.29) is 5.41 Å². The van der Waals surface area contributed by atoms with Crippen molar-refractivity contribution in [2.75, 3.05) is 18.4 Å². The van der Waals surface area contributed by atoms with Crippen molar-refractivity contribution in [3.63, 3.8) is 0 Å². The van der Waals surface area contributed by atoms with Crippen molar-refractivity contribution < 1.29 is 0 Å². The molecule has 0 fully saturated rings. The molecule has 4 nitrogen and oxygen atoms in total. The van der Waals surface area contributed by atoms with E-state index in [1.165, 1.54) is 16.3 Å². The zero-order valence-electron chi connectivity index (χ0n) is 16.1. The topological polar surface area (TPSA) is 62.4 Å². The van der Waals surface area contributed by atoms with Crippen molar-refractivity contribution in [1.82, 2.24) is 5.32 Å². The van der Waals surface area contributed by atoms with Crippen LogP contribution in [0.3, 0.4) is 0 Å². The van der Waals surface area contributed by atoms with Crippen LogP contribution in [0, 0.1) is 5.41 Å². The number of aliphatic imine (C=N–C) groups is 1. The Hall–Kier alpha value is -2.85. The third kappa shape index (κ3) is 5.31. The molecule has 0 heterocycles. The molecule has 0 aliphatic carbocycles. The quantitative estimate of drug-likeness (QED) is 0.451. The number of nitrogens with two attached hydrogens (primary N) is 1. The molecule has 0 saturated carbocycles. The van der Waals surface area contributed by atoms with Crippen LogP contribution in [0.1, 0.15) is 19.4 Å². The predicted octanol–water partition coefficient (Wildman–Crippen LogP) is 4.38. The molecule has 0 aliphatic heterocycles. The number of hydrogen-bond donors (Lipinski definition) is 3. The summed E-state index contributed by atoms with van der Waals surface area (Å²) in [6, 6.07) is 24.8. The third-order valence-electron chi connectivity index (χ3n) is 4.61. The van der Waals surface area contributed by atoms with Crippen LogP contribution in [-0.2, 0) is 6.54 Å². The van der Waals surface area contributed by atoms with Gasteiger partial charge in [0, 0.05) is 12.2 Å². The molecule has 0 aromatic heterocycles. The van der Waals surface area contributed by atoms with Gasteiger partial charge in [-0.25, -0.2) is 4.99 Å². The van der Waals surface area contributed by atoms with Crippen LogP contribution < -0.4 is 16.4 Å². The van der Waals surface area contributed by atoms with Gasteiger partial charge in [-0.15, -0.1) is 0 Å². The Labute approximate surface area is 161 Å². The second kappa shape index (κ2) is 8.69. The second-order valence-electron chi connectivity index (χ2n) is 7.52. The lowest BCUT2D eigenvalue weighted by Gasteiger charge is -2.24. The molecule has 140 valence electrons. The van der Waals surface area contributed by atoms with Gasteiger partial charge in [0.15, 0.2) is 5.96 Å². The van der Waals surface area contributed by atoms with Crippen molar-refractivity contribution in [3.8, 4) is 0 Å². The minimum absolute atomic E-state index is 0.00141. The van der Waals surface area contributed by atoms with Gasteiger partial charge in [0.25, 0.3) is 0 Å². The summed E-state index contributed by atoms with van der Waals surface area (Å²) in [6.45, 7) is 6.25. The molecule has 4 heteroatoms. The van der Waals surface area contributed by atoms with Gasteiger partial charge in [-0.1, -0.05) is 74.5 Å². The van der Waals surface area contributed by atoms with Gasteiger partial charge in [-0.3, -0.25) is 0 Å². The summed E-state index contributed by atoms with van der Waals surface area (Å²) >= 11 is 0. The van der Waals surface area contributed by atoms with E-state index in [9.17, 15) is 0 Å². The Morgan fingerprint density at radius 1 is 0.926 bits per heavy atom. The molecule has 0 aliphatic rings. The third-order valence-corrected chi connectivity index (χ3v) is 4.61. The molecule has 0 unspecified atom stereocenters. The number of nitrogens with zero attached hydrogens (tertiary/aromatic N) is 1. The molecule has 0 atom stereocenters. The van der Waals surface area contributed by atoms with Gasteiger partial charge in [0.05, 0.1) is 6.54 Å². The van der Waals surface area contributed by atoms with Gasteiger partial charge in [-0.05, 0) is 40.4 Å². The Kier molecular flexibility index (Phi) is 6.09. The first-order valence-corrected chi connectivity index (χ1v) is 9.34. The van der Waals surface area contributed by atoms with Gasteiger partial charge in [0.1, 0.15) is 0 Å². The van der Waals surface area contributed by atoms with Crippen LogP contribution in [0.15, 0.2) is 77.8 Å². The fourth-order valence-electron chi connectivity index (χ4n) is 2.79. The van der Waals surface area contributed by atoms with Crippen LogP contribution >= 0.6 is 0 Å². The number of nitrogens with one attached hydrogen (secondary N) is 2. The largest absolute Gasteiger partial charge is 0.356 e. The molecule has 27 heavy (non-hydrogen) atoms. The van der Waals surface area contributed by atoms with Crippen molar-refractivity contribution >= 4 is 22.4 Å². The average Bonchev–Trinajstić information content (AvgIpc) is 2.71. The summed E-state index contributed by atoms with van der Waals surface area (Å²) < 4.78 is 0. The van der Waals surface area contributed by atoms with Crippen LogP contribution in [-0.4, -0.2) is 19.0 Å². The number of anilines is 1. The lowest BCUT2D eigenvalue weighted by molar-refractivity contribution is 0.376. The second-order valence-corrected chi connectivity index (χ2v) is 7.52. The Balaban J connectivity index is 1.82. The van der Waals surface area contributed by atoms with Crippen molar-refractivity contribution in [2.45, 2.75) is 20.4 Å². The normalized spacial score (nSPS) is 12.2. The lowest BCUT2D eigenvalue weighted by Crippen LogP contribution is -2.41. The maximum absolute atomic E-state index is 5.87. The molecule has 0 bridgehead atoms. The molecule has 0 radical (unpaired) electrons. The highest BCUT2D eigenvalue weighted by Crippen LogP contribution is 2.19. The zero-order valence-corrected chi connectivity index (χ0v) is 16.1. The van der Waals surface area contributed by atoms with E-state index in [1.54, 1.807) is 0 Å². The summed E-state index contributed by atoms with van der Waals surface area (Å²) in [6.07, 6.45) is 0. The number of para-hydroxylation sites is 1. The molecule has 0 saturated heterocycles. The molecule has 3 aromatic carbocycles. The van der Waals surface area contributed by atoms with Gasteiger partial charge >= 0.3 is 0 Å². The minimum atomic E-state index is -0.00141.